The number of nitro groups is 1. The highest BCUT2D eigenvalue weighted by molar-refractivity contribution is 7.09. The highest BCUT2D eigenvalue weighted by atomic mass is 32.1. The minimum Gasteiger partial charge on any atom is -0.461 e. The molecule has 0 radical (unpaired) electrons. The molecule has 9 heteroatoms. The van der Waals surface area contributed by atoms with E-state index >= 15 is 0 Å². The van der Waals surface area contributed by atoms with Gasteiger partial charge in [-0.25, -0.2) is 9.78 Å². The molecule has 0 N–H and O–H groups in total. The Bertz CT molecular complexity index is 818. The van der Waals surface area contributed by atoms with Crippen LogP contribution < -0.4 is 0 Å². The van der Waals surface area contributed by atoms with Crippen molar-refractivity contribution in [1.29, 1.82) is 0 Å². The molecule has 0 bridgehead atoms. The Hall–Kier alpha value is -2.81. The van der Waals surface area contributed by atoms with Gasteiger partial charge in [0.05, 0.1) is 18.1 Å². The van der Waals surface area contributed by atoms with Gasteiger partial charge in [-0.05, 0) is 26.8 Å². The van der Waals surface area contributed by atoms with E-state index < -0.39 is 10.9 Å². The lowest BCUT2D eigenvalue weighted by atomic mass is 10.1. The van der Waals surface area contributed by atoms with Crippen molar-refractivity contribution in [2.45, 2.75) is 33.4 Å². The molecule has 0 unspecified atom stereocenters. The van der Waals surface area contributed by atoms with Crippen LogP contribution in [0, 0.1) is 10.1 Å². The lowest BCUT2D eigenvalue weighted by Gasteiger charge is -2.25. The van der Waals surface area contributed by atoms with Crippen LogP contribution in [0.25, 0.3) is 0 Å². The summed E-state index contributed by atoms with van der Waals surface area (Å²) in [4.78, 5) is 40.7. The van der Waals surface area contributed by atoms with Crippen molar-refractivity contribution >= 4 is 28.9 Å². The first-order valence-corrected chi connectivity index (χ1v) is 8.88. The average Bonchev–Trinajstić information content (AvgIpc) is 3.08. The van der Waals surface area contributed by atoms with E-state index in [1.54, 1.807) is 17.2 Å². The number of carbonyl (C=O) groups excluding carboxylic acids is 2. The molecule has 0 aliphatic rings. The number of amides is 1. The molecule has 0 atom stereocenters. The van der Waals surface area contributed by atoms with Crippen LogP contribution in [-0.2, 0) is 11.3 Å². The summed E-state index contributed by atoms with van der Waals surface area (Å²) in [6.45, 7) is 5.85. The molecule has 8 nitrogen and oxygen atoms in total. The number of benzene rings is 1. The number of carbonyl (C=O) groups is 2. The Kier molecular flexibility index (Phi) is 6.40. The van der Waals surface area contributed by atoms with Crippen molar-refractivity contribution in [1.82, 2.24) is 9.88 Å². The largest absolute Gasteiger partial charge is 0.461 e. The van der Waals surface area contributed by atoms with Crippen LogP contribution in [0.15, 0.2) is 29.6 Å². The van der Waals surface area contributed by atoms with Crippen LogP contribution in [0.1, 0.15) is 46.6 Å². The summed E-state index contributed by atoms with van der Waals surface area (Å²) in [6.07, 6.45) is 0. The third kappa shape index (κ3) is 4.63. The summed E-state index contributed by atoms with van der Waals surface area (Å²) in [5.74, 6) is -0.840. The van der Waals surface area contributed by atoms with E-state index in [1.165, 1.54) is 35.6 Å². The van der Waals surface area contributed by atoms with Gasteiger partial charge in [0, 0.05) is 29.1 Å². The van der Waals surface area contributed by atoms with Gasteiger partial charge in [-0.2, -0.15) is 0 Å². The minimum absolute atomic E-state index is 0.140. The lowest BCUT2D eigenvalue weighted by molar-refractivity contribution is -0.384. The number of nitrogens with zero attached hydrogens (tertiary/aromatic N) is 3. The van der Waals surface area contributed by atoms with E-state index in [1.807, 2.05) is 13.8 Å². The van der Waals surface area contributed by atoms with E-state index in [0.717, 1.165) is 0 Å². The molecule has 2 aromatic rings. The van der Waals surface area contributed by atoms with Crippen molar-refractivity contribution < 1.29 is 19.2 Å². The fourth-order valence-electron chi connectivity index (χ4n) is 2.24. The topological polar surface area (TPSA) is 103 Å². The van der Waals surface area contributed by atoms with Crippen molar-refractivity contribution in [3.8, 4) is 0 Å². The van der Waals surface area contributed by atoms with E-state index in [4.69, 9.17) is 4.74 Å². The van der Waals surface area contributed by atoms with Crippen LogP contribution >= 0.6 is 11.3 Å². The maximum Gasteiger partial charge on any atom is 0.357 e. The highest BCUT2D eigenvalue weighted by Gasteiger charge is 2.23. The van der Waals surface area contributed by atoms with Crippen LogP contribution in [-0.4, -0.2) is 39.3 Å². The molecule has 0 aliphatic carbocycles. The zero-order valence-corrected chi connectivity index (χ0v) is 15.5. The molecule has 0 spiro atoms. The van der Waals surface area contributed by atoms with Gasteiger partial charge in [0.2, 0.25) is 0 Å². The number of thiazole rings is 1. The predicted octanol–water partition coefficient (Wildman–Crippen LogP) is 3.28. The molecule has 1 aromatic heterocycles. The minimum atomic E-state index is -0.539. The van der Waals surface area contributed by atoms with E-state index in [-0.39, 0.29) is 42.0 Å². The molecule has 2 rings (SSSR count). The predicted molar refractivity (Wildman–Crippen MR) is 96.2 cm³/mol. The summed E-state index contributed by atoms with van der Waals surface area (Å²) in [5.41, 5.74) is 0.298. The Labute approximate surface area is 154 Å². The third-order valence-electron chi connectivity index (χ3n) is 3.53. The second-order valence-electron chi connectivity index (χ2n) is 5.68. The van der Waals surface area contributed by atoms with Gasteiger partial charge >= 0.3 is 5.97 Å². The number of non-ortho nitro benzene ring substituents is 1. The number of nitro benzene ring substituents is 1. The Morgan fingerprint density at radius 2 is 2.12 bits per heavy atom. The maximum absolute atomic E-state index is 12.8. The zero-order valence-electron chi connectivity index (χ0n) is 14.7. The standard InChI is InChI=1S/C17H19N3O5S/c1-4-25-17(22)14-10-26-15(18-14)9-19(11(2)3)16(21)12-6-5-7-13(8-12)20(23)24/h5-8,10-11H,4,9H2,1-3H3. The average molecular weight is 377 g/mol. The number of hydrogen-bond acceptors (Lipinski definition) is 7. The normalized spacial score (nSPS) is 10.6. The Balaban J connectivity index is 2.21. The van der Waals surface area contributed by atoms with Crippen LogP contribution in [0.2, 0.25) is 0 Å². The van der Waals surface area contributed by atoms with Crippen LogP contribution in [0.3, 0.4) is 0 Å². The van der Waals surface area contributed by atoms with E-state index in [2.05, 4.69) is 4.98 Å². The van der Waals surface area contributed by atoms with Gasteiger partial charge < -0.3 is 9.64 Å². The number of ether oxygens (including phenoxy) is 1. The molecule has 0 saturated carbocycles. The maximum atomic E-state index is 12.8. The van der Waals surface area contributed by atoms with Crippen molar-refractivity contribution in [3.63, 3.8) is 0 Å². The quantitative estimate of drug-likeness (QED) is 0.417. The molecular weight excluding hydrogens is 358 g/mol. The lowest BCUT2D eigenvalue weighted by Crippen LogP contribution is -2.36. The first-order valence-electron chi connectivity index (χ1n) is 8.00. The Morgan fingerprint density at radius 1 is 1.38 bits per heavy atom. The monoisotopic (exact) mass is 377 g/mol. The molecule has 138 valence electrons. The van der Waals surface area contributed by atoms with Crippen molar-refractivity contribution in [2.75, 3.05) is 6.61 Å². The van der Waals surface area contributed by atoms with Crippen molar-refractivity contribution in [3.05, 3.63) is 56.0 Å². The summed E-state index contributed by atoms with van der Waals surface area (Å²) in [5, 5.41) is 13.1. The van der Waals surface area contributed by atoms with Crippen LogP contribution in [0.4, 0.5) is 5.69 Å². The van der Waals surface area contributed by atoms with E-state index in [9.17, 15) is 19.7 Å². The molecule has 0 saturated heterocycles. The van der Waals surface area contributed by atoms with Crippen molar-refractivity contribution in [2.24, 2.45) is 0 Å². The fraction of sp³-hybridized carbons (Fsp3) is 0.353. The Morgan fingerprint density at radius 3 is 2.73 bits per heavy atom. The second kappa shape index (κ2) is 8.52. The molecule has 1 amide bonds. The first kappa shape index (κ1) is 19.5. The van der Waals surface area contributed by atoms with Crippen LogP contribution in [0.5, 0.6) is 0 Å². The number of aromatic nitrogens is 1. The number of esters is 1. The molecule has 1 heterocycles. The highest BCUT2D eigenvalue weighted by Crippen LogP contribution is 2.19. The number of hydrogen-bond donors (Lipinski definition) is 0. The number of rotatable bonds is 7. The summed E-state index contributed by atoms with van der Waals surface area (Å²) < 4.78 is 4.91. The molecule has 0 fully saturated rings. The van der Waals surface area contributed by atoms with Gasteiger partial charge in [-0.1, -0.05) is 6.07 Å². The van der Waals surface area contributed by atoms with Gasteiger partial charge in [-0.15, -0.1) is 11.3 Å². The molecule has 26 heavy (non-hydrogen) atoms. The summed E-state index contributed by atoms with van der Waals surface area (Å²) in [7, 11) is 0. The second-order valence-corrected chi connectivity index (χ2v) is 6.62. The first-order chi connectivity index (χ1) is 12.3. The molecule has 0 aliphatic heterocycles. The summed E-state index contributed by atoms with van der Waals surface area (Å²) >= 11 is 1.26. The smallest absolute Gasteiger partial charge is 0.357 e. The zero-order chi connectivity index (χ0) is 19.3. The molecular formula is C17H19N3O5S. The third-order valence-corrected chi connectivity index (χ3v) is 4.36. The fourth-order valence-corrected chi connectivity index (χ4v) is 3.00. The SMILES string of the molecule is CCOC(=O)c1csc(CN(C(=O)c2cccc([N+](=O)[O-])c2)C(C)C)n1. The van der Waals surface area contributed by atoms with Gasteiger partial charge in [0.25, 0.3) is 11.6 Å². The van der Waals surface area contributed by atoms with Gasteiger partial charge in [0.1, 0.15) is 5.01 Å². The molecule has 1 aromatic carbocycles. The summed E-state index contributed by atoms with van der Waals surface area (Å²) in [6, 6.07) is 5.45. The van der Waals surface area contributed by atoms with Gasteiger partial charge in [-0.3, -0.25) is 14.9 Å². The van der Waals surface area contributed by atoms with E-state index in [0.29, 0.717) is 5.01 Å². The van der Waals surface area contributed by atoms with Gasteiger partial charge in [0.15, 0.2) is 5.69 Å².